The van der Waals surface area contributed by atoms with Crippen LogP contribution in [0, 0.1) is 6.92 Å². The zero-order valence-electron chi connectivity index (χ0n) is 11.7. The Bertz CT molecular complexity index is 516. The van der Waals surface area contributed by atoms with Gasteiger partial charge < -0.3 is 14.6 Å². The smallest absolute Gasteiger partial charge is 0.137 e. The van der Waals surface area contributed by atoms with Crippen molar-refractivity contribution in [3.8, 4) is 0 Å². The summed E-state index contributed by atoms with van der Waals surface area (Å²) in [6, 6.07) is 8.70. The van der Waals surface area contributed by atoms with Crippen molar-refractivity contribution in [1.82, 2.24) is 10.2 Å². The second-order valence-electron chi connectivity index (χ2n) is 5.08. The number of furan rings is 1. The summed E-state index contributed by atoms with van der Waals surface area (Å²) >= 11 is 0. The van der Waals surface area contributed by atoms with E-state index >= 15 is 0 Å². The molecule has 1 atom stereocenters. The van der Waals surface area contributed by atoms with Crippen molar-refractivity contribution in [1.29, 1.82) is 0 Å². The molecule has 0 saturated carbocycles. The summed E-state index contributed by atoms with van der Waals surface area (Å²) in [7, 11) is 6.17. The molecule has 0 radical (unpaired) electrons. The Morgan fingerprint density at radius 3 is 2.72 bits per heavy atom. The van der Waals surface area contributed by atoms with Gasteiger partial charge in [-0.25, -0.2) is 0 Å². The Morgan fingerprint density at radius 2 is 2.11 bits per heavy atom. The van der Waals surface area contributed by atoms with Gasteiger partial charge in [0.2, 0.25) is 0 Å². The van der Waals surface area contributed by atoms with Gasteiger partial charge in [0, 0.05) is 5.39 Å². The lowest BCUT2D eigenvalue weighted by atomic mass is 10.1. The van der Waals surface area contributed by atoms with Crippen LogP contribution in [0.3, 0.4) is 0 Å². The van der Waals surface area contributed by atoms with Gasteiger partial charge in [-0.1, -0.05) is 18.2 Å². The van der Waals surface area contributed by atoms with Crippen LogP contribution in [0.2, 0.25) is 0 Å². The molecule has 1 heterocycles. The molecule has 98 valence electrons. The fourth-order valence-electron chi connectivity index (χ4n) is 2.22. The second-order valence-corrected chi connectivity index (χ2v) is 5.08. The van der Waals surface area contributed by atoms with Crippen LogP contribution in [-0.4, -0.2) is 32.6 Å². The van der Waals surface area contributed by atoms with E-state index in [2.05, 4.69) is 55.5 Å². The predicted octanol–water partition coefficient (Wildman–Crippen LogP) is 2.95. The van der Waals surface area contributed by atoms with Gasteiger partial charge in [-0.3, -0.25) is 0 Å². The quantitative estimate of drug-likeness (QED) is 0.879. The summed E-state index contributed by atoms with van der Waals surface area (Å²) in [5.41, 5.74) is 2.21. The van der Waals surface area contributed by atoms with Crippen LogP contribution in [0.5, 0.6) is 0 Å². The van der Waals surface area contributed by atoms with E-state index < -0.39 is 0 Å². The highest BCUT2D eigenvalue weighted by molar-refractivity contribution is 5.80. The topological polar surface area (TPSA) is 28.4 Å². The molecule has 0 bridgehead atoms. The van der Waals surface area contributed by atoms with E-state index in [4.69, 9.17) is 4.42 Å². The van der Waals surface area contributed by atoms with Crippen LogP contribution in [0.15, 0.2) is 28.7 Å². The SMILES string of the molecule is CNC(CCN(C)C)c1cc2cccc(C)c2o1. The summed E-state index contributed by atoms with van der Waals surface area (Å²) < 4.78 is 6.00. The first-order valence-electron chi connectivity index (χ1n) is 6.43. The molecular formula is C15H22N2O. The van der Waals surface area contributed by atoms with Gasteiger partial charge in [0.25, 0.3) is 0 Å². The molecule has 2 aromatic rings. The molecule has 1 aromatic carbocycles. The summed E-state index contributed by atoms with van der Waals surface area (Å²) in [5, 5.41) is 4.52. The molecule has 1 N–H and O–H groups in total. The lowest BCUT2D eigenvalue weighted by molar-refractivity contribution is 0.346. The zero-order valence-corrected chi connectivity index (χ0v) is 11.7. The maximum atomic E-state index is 6.00. The molecule has 3 heteroatoms. The van der Waals surface area contributed by atoms with Crippen LogP contribution < -0.4 is 5.32 Å². The van der Waals surface area contributed by atoms with E-state index in [1.807, 2.05) is 7.05 Å². The van der Waals surface area contributed by atoms with E-state index in [9.17, 15) is 0 Å². The molecule has 0 saturated heterocycles. The number of para-hydroxylation sites is 1. The monoisotopic (exact) mass is 246 g/mol. The van der Waals surface area contributed by atoms with Crippen LogP contribution in [0.1, 0.15) is 23.8 Å². The summed E-state index contributed by atoms with van der Waals surface area (Å²) in [6.07, 6.45) is 1.04. The number of hydrogen-bond acceptors (Lipinski definition) is 3. The van der Waals surface area contributed by atoms with Gasteiger partial charge in [-0.15, -0.1) is 0 Å². The third-order valence-electron chi connectivity index (χ3n) is 3.32. The highest BCUT2D eigenvalue weighted by atomic mass is 16.3. The Kier molecular flexibility index (Phi) is 4.04. The lowest BCUT2D eigenvalue weighted by Crippen LogP contribution is -2.22. The fourth-order valence-corrected chi connectivity index (χ4v) is 2.22. The second kappa shape index (κ2) is 5.55. The minimum absolute atomic E-state index is 0.277. The predicted molar refractivity (Wildman–Crippen MR) is 75.9 cm³/mol. The molecule has 2 rings (SSSR count). The van der Waals surface area contributed by atoms with E-state index in [0.29, 0.717) is 0 Å². The standard InChI is InChI=1S/C15H22N2O/c1-11-6-5-7-12-10-14(18-15(11)12)13(16-2)8-9-17(3)4/h5-7,10,13,16H,8-9H2,1-4H3. The lowest BCUT2D eigenvalue weighted by Gasteiger charge is -2.16. The molecule has 0 fully saturated rings. The van der Waals surface area contributed by atoms with Crippen LogP contribution in [-0.2, 0) is 0 Å². The van der Waals surface area contributed by atoms with E-state index in [0.717, 1.165) is 24.3 Å². The number of hydrogen-bond donors (Lipinski definition) is 1. The van der Waals surface area contributed by atoms with Crippen molar-refractivity contribution in [2.24, 2.45) is 0 Å². The molecule has 3 nitrogen and oxygen atoms in total. The van der Waals surface area contributed by atoms with E-state index in [-0.39, 0.29) is 6.04 Å². The Morgan fingerprint density at radius 1 is 1.33 bits per heavy atom. The molecule has 18 heavy (non-hydrogen) atoms. The van der Waals surface area contributed by atoms with Crippen LogP contribution in [0.25, 0.3) is 11.0 Å². The van der Waals surface area contributed by atoms with E-state index in [1.54, 1.807) is 0 Å². The average molecular weight is 246 g/mol. The Hall–Kier alpha value is -1.32. The molecule has 1 unspecified atom stereocenters. The number of rotatable bonds is 5. The maximum absolute atomic E-state index is 6.00. The summed E-state index contributed by atoms with van der Waals surface area (Å²) in [5.74, 6) is 1.03. The van der Waals surface area contributed by atoms with Crippen LogP contribution in [0.4, 0.5) is 0 Å². The first kappa shape index (κ1) is 13.1. The Labute approximate surface area is 109 Å². The third-order valence-corrected chi connectivity index (χ3v) is 3.32. The summed E-state index contributed by atoms with van der Waals surface area (Å²) in [6.45, 7) is 3.13. The molecule has 0 aliphatic rings. The number of fused-ring (bicyclic) bond motifs is 1. The van der Waals surface area contributed by atoms with Crippen molar-refractivity contribution in [2.75, 3.05) is 27.7 Å². The van der Waals surface area contributed by atoms with Crippen molar-refractivity contribution in [2.45, 2.75) is 19.4 Å². The maximum Gasteiger partial charge on any atom is 0.137 e. The third kappa shape index (κ3) is 2.74. The molecule has 0 aliphatic heterocycles. The number of benzene rings is 1. The molecular weight excluding hydrogens is 224 g/mol. The molecule has 0 amide bonds. The average Bonchev–Trinajstić information content (AvgIpc) is 2.75. The van der Waals surface area contributed by atoms with E-state index in [1.165, 1.54) is 10.9 Å². The number of nitrogens with zero attached hydrogens (tertiary/aromatic N) is 1. The van der Waals surface area contributed by atoms with Gasteiger partial charge >= 0.3 is 0 Å². The normalized spacial score (nSPS) is 13.4. The Balaban J connectivity index is 2.25. The van der Waals surface area contributed by atoms with Crippen LogP contribution >= 0.6 is 0 Å². The number of nitrogens with one attached hydrogen (secondary N) is 1. The molecule has 1 aromatic heterocycles. The van der Waals surface area contributed by atoms with Gasteiger partial charge in [0.05, 0.1) is 6.04 Å². The minimum Gasteiger partial charge on any atom is -0.459 e. The highest BCUT2D eigenvalue weighted by Crippen LogP contribution is 2.27. The van der Waals surface area contributed by atoms with Gasteiger partial charge in [-0.05, 0) is 52.7 Å². The van der Waals surface area contributed by atoms with Crippen molar-refractivity contribution in [3.05, 3.63) is 35.6 Å². The van der Waals surface area contributed by atoms with Gasteiger partial charge in [-0.2, -0.15) is 0 Å². The van der Waals surface area contributed by atoms with Crippen molar-refractivity contribution < 1.29 is 4.42 Å². The number of aryl methyl sites for hydroxylation is 1. The molecule has 0 spiro atoms. The zero-order chi connectivity index (χ0) is 13.1. The first-order chi connectivity index (χ1) is 8.61. The molecule has 0 aliphatic carbocycles. The van der Waals surface area contributed by atoms with Gasteiger partial charge in [0.15, 0.2) is 0 Å². The van der Waals surface area contributed by atoms with Gasteiger partial charge in [0.1, 0.15) is 11.3 Å². The van der Waals surface area contributed by atoms with Crippen molar-refractivity contribution in [3.63, 3.8) is 0 Å². The first-order valence-corrected chi connectivity index (χ1v) is 6.43. The fraction of sp³-hybridized carbons (Fsp3) is 0.467. The minimum atomic E-state index is 0.277. The summed E-state index contributed by atoms with van der Waals surface area (Å²) in [4.78, 5) is 2.19. The largest absolute Gasteiger partial charge is 0.459 e. The van der Waals surface area contributed by atoms with Crippen molar-refractivity contribution >= 4 is 11.0 Å². The highest BCUT2D eigenvalue weighted by Gasteiger charge is 2.15.